The minimum atomic E-state index is 0.511. The average molecular weight is 433 g/mol. The van der Waals surface area contributed by atoms with Crippen LogP contribution in [0.25, 0.3) is 0 Å². The molecule has 1 aliphatic heterocycles. The van der Waals surface area contributed by atoms with Gasteiger partial charge in [0.25, 0.3) is 0 Å². The number of rotatable bonds is 15. The Balaban J connectivity index is 1.54. The fourth-order valence-corrected chi connectivity index (χ4v) is 6.22. The first-order valence-corrected chi connectivity index (χ1v) is 13.3. The summed E-state index contributed by atoms with van der Waals surface area (Å²) in [6, 6.07) is 2.29. The number of aromatic nitrogens is 1. The van der Waals surface area contributed by atoms with E-state index in [4.69, 9.17) is 4.74 Å². The quantitative estimate of drug-likeness (QED) is 0.269. The van der Waals surface area contributed by atoms with E-state index in [2.05, 4.69) is 69.5 Å². The molecule has 1 aromatic rings. The van der Waals surface area contributed by atoms with E-state index < -0.39 is 0 Å². The lowest BCUT2D eigenvalue weighted by atomic mass is 9.60. The fourth-order valence-electron chi connectivity index (χ4n) is 6.22. The predicted octanol–water partition coefficient (Wildman–Crippen LogP) is 7.40. The average Bonchev–Trinajstić information content (AvgIpc) is 3.16. The monoisotopic (exact) mass is 432 g/mol. The molecule has 0 bridgehead atoms. The van der Waals surface area contributed by atoms with Gasteiger partial charge in [-0.25, -0.2) is 0 Å². The van der Waals surface area contributed by atoms with Crippen molar-refractivity contribution in [2.45, 2.75) is 106 Å². The lowest BCUT2D eigenvalue weighted by Crippen LogP contribution is -2.38. The van der Waals surface area contributed by atoms with Gasteiger partial charge in [0.05, 0.1) is 13.2 Å². The first-order chi connectivity index (χ1) is 14.9. The molecule has 0 unspecified atom stereocenters. The zero-order chi connectivity index (χ0) is 22.7. The maximum Gasteiger partial charge on any atom is 0.0594 e. The summed E-state index contributed by atoms with van der Waals surface area (Å²) in [5.74, 6) is 2.32. The van der Waals surface area contributed by atoms with Crippen LogP contribution in [0.4, 0.5) is 0 Å². The second kappa shape index (κ2) is 13.7. The molecule has 31 heavy (non-hydrogen) atoms. The molecule has 0 atom stereocenters. The standard InChI is InChI=1S/C28H52N2O/c1-24(2)28(25(3)4,26(5)6)15-12-10-8-7-9-11-13-16-29-17-14-27(22-29)23-30-18-20-31-21-19-30/h14,17,22,24-26H,7-13,15-16,18-21,23H2,1-6H3. The van der Waals surface area contributed by atoms with Gasteiger partial charge in [0.2, 0.25) is 0 Å². The molecule has 0 spiro atoms. The van der Waals surface area contributed by atoms with E-state index in [1.54, 1.807) is 0 Å². The number of unbranched alkanes of at least 4 members (excludes halogenated alkanes) is 6. The van der Waals surface area contributed by atoms with E-state index in [9.17, 15) is 0 Å². The SMILES string of the molecule is CC(C)C(CCCCCCCCCn1ccc(CN2CCOCC2)c1)(C(C)C)C(C)C. The van der Waals surface area contributed by atoms with Gasteiger partial charge in [-0.1, -0.05) is 80.1 Å². The Hall–Kier alpha value is -0.800. The summed E-state index contributed by atoms with van der Waals surface area (Å²) in [7, 11) is 0. The zero-order valence-electron chi connectivity index (χ0n) is 21.7. The van der Waals surface area contributed by atoms with E-state index in [1.165, 1.54) is 63.5 Å². The molecular weight excluding hydrogens is 380 g/mol. The maximum absolute atomic E-state index is 5.45. The van der Waals surface area contributed by atoms with Crippen molar-refractivity contribution in [2.24, 2.45) is 23.2 Å². The van der Waals surface area contributed by atoms with Crippen LogP contribution in [0.1, 0.15) is 98.5 Å². The highest BCUT2D eigenvalue weighted by atomic mass is 16.5. The number of nitrogens with zero attached hydrogens (tertiary/aromatic N) is 2. The zero-order valence-corrected chi connectivity index (χ0v) is 21.7. The highest BCUT2D eigenvalue weighted by Crippen LogP contribution is 2.47. The van der Waals surface area contributed by atoms with Gasteiger partial charge in [0, 0.05) is 38.6 Å². The molecule has 0 saturated carbocycles. The Morgan fingerprint density at radius 3 is 1.94 bits per heavy atom. The van der Waals surface area contributed by atoms with Crippen molar-refractivity contribution < 1.29 is 4.74 Å². The molecule has 0 amide bonds. The molecule has 0 radical (unpaired) electrons. The van der Waals surface area contributed by atoms with Crippen LogP contribution in [0, 0.1) is 23.2 Å². The topological polar surface area (TPSA) is 17.4 Å². The van der Waals surface area contributed by atoms with Gasteiger partial charge in [0.15, 0.2) is 0 Å². The third-order valence-electron chi connectivity index (χ3n) is 8.07. The summed E-state index contributed by atoms with van der Waals surface area (Å²) in [6.07, 6.45) is 15.7. The minimum absolute atomic E-state index is 0.511. The number of morpholine rings is 1. The van der Waals surface area contributed by atoms with Crippen molar-refractivity contribution in [1.82, 2.24) is 9.47 Å². The third kappa shape index (κ3) is 8.24. The van der Waals surface area contributed by atoms with E-state index in [0.29, 0.717) is 5.41 Å². The van der Waals surface area contributed by atoms with E-state index in [1.807, 2.05) is 0 Å². The van der Waals surface area contributed by atoms with Crippen molar-refractivity contribution in [3.8, 4) is 0 Å². The van der Waals surface area contributed by atoms with E-state index in [-0.39, 0.29) is 0 Å². The summed E-state index contributed by atoms with van der Waals surface area (Å²) < 4.78 is 7.83. The minimum Gasteiger partial charge on any atom is -0.379 e. The second-order valence-electron chi connectivity index (χ2n) is 10.9. The first-order valence-electron chi connectivity index (χ1n) is 13.3. The first kappa shape index (κ1) is 26.5. The molecule has 180 valence electrons. The summed E-state index contributed by atoms with van der Waals surface area (Å²) in [5, 5.41) is 0. The predicted molar refractivity (Wildman–Crippen MR) is 134 cm³/mol. The van der Waals surface area contributed by atoms with Gasteiger partial charge in [-0.3, -0.25) is 4.90 Å². The molecule has 0 aromatic carbocycles. The summed E-state index contributed by atoms with van der Waals surface area (Å²) in [5.41, 5.74) is 1.96. The maximum atomic E-state index is 5.45. The lowest BCUT2D eigenvalue weighted by Gasteiger charge is -2.45. The van der Waals surface area contributed by atoms with E-state index >= 15 is 0 Å². The Morgan fingerprint density at radius 2 is 1.35 bits per heavy atom. The normalized spacial score (nSPS) is 16.2. The van der Waals surface area contributed by atoms with Crippen molar-refractivity contribution in [3.63, 3.8) is 0 Å². The molecule has 3 heteroatoms. The Labute approximate surface area is 193 Å². The van der Waals surface area contributed by atoms with Crippen LogP contribution in [0.2, 0.25) is 0 Å². The van der Waals surface area contributed by atoms with Crippen LogP contribution in [-0.2, 0) is 17.8 Å². The van der Waals surface area contributed by atoms with Crippen LogP contribution in [0.15, 0.2) is 18.5 Å². The Kier molecular flexibility index (Phi) is 11.7. The number of ether oxygens (including phenoxy) is 1. The highest BCUT2D eigenvalue weighted by Gasteiger charge is 2.39. The molecule has 1 saturated heterocycles. The molecule has 0 N–H and O–H groups in total. The van der Waals surface area contributed by atoms with Crippen LogP contribution >= 0.6 is 0 Å². The van der Waals surface area contributed by atoms with Gasteiger partial charge in [-0.05, 0) is 47.6 Å². The summed E-state index contributed by atoms with van der Waals surface area (Å²) >= 11 is 0. The third-order valence-corrected chi connectivity index (χ3v) is 8.07. The van der Waals surface area contributed by atoms with Crippen molar-refractivity contribution in [2.75, 3.05) is 26.3 Å². The van der Waals surface area contributed by atoms with Crippen molar-refractivity contribution >= 4 is 0 Å². The van der Waals surface area contributed by atoms with Gasteiger partial charge in [-0.15, -0.1) is 0 Å². The van der Waals surface area contributed by atoms with Crippen LogP contribution < -0.4 is 0 Å². The smallest absolute Gasteiger partial charge is 0.0594 e. The lowest BCUT2D eigenvalue weighted by molar-refractivity contribution is 0.0342. The van der Waals surface area contributed by atoms with Gasteiger partial charge in [0.1, 0.15) is 0 Å². The second-order valence-corrected chi connectivity index (χ2v) is 10.9. The largest absolute Gasteiger partial charge is 0.379 e. The molecule has 1 aliphatic rings. The molecule has 1 aromatic heterocycles. The number of hydrogen-bond acceptors (Lipinski definition) is 2. The van der Waals surface area contributed by atoms with Gasteiger partial charge in [-0.2, -0.15) is 0 Å². The fraction of sp³-hybridized carbons (Fsp3) is 0.857. The van der Waals surface area contributed by atoms with Crippen molar-refractivity contribution in [3.05, 3.63) is 24.0 Å². The number of aryl methyl sites for hydroxylation is 1. The van der Waals surface area contributed by atoms with E-state index in [0.717, 1.165) is 50.6 Å². The highest BCUT2D eigenvalue weighted by molar-refractivity contribution is 5.10. The van der Waals surface area contributed by atoms with Gasteiger partial charge < -0.3 is 9.30 Å². The Morgan fingerprint density at radius 1 is 0.806 bits per heavy atom. The molecule has 0 aliphatic carbocycles. The van der Waals surface area contributed by atoms with Crippen LogP contribution in [0.3, 0.4) is 0 Å². The van der Waals surface area contributed by atoms with Crippen molar-refractivity contribution in [1.29, 1.82) is 0 Å². The number of hydrogen-bond donors (Lipinski definition) is 0. The Bertz CT molecular complexity index is 562. The summed E-state index contributed by atoms with van der Waals surface area (Å²) in [4.78, 5) is 2.50. The molecular formula is C28H52N2O. The van der Waals surface area contributed by atoms with Crippen LogP contribution in [-0.4, -0.2) is 35.8 Å². The molecule has 2 heterocycles. The van der Waals surface area contributed by atoms with Gasteiger partial charge >= 0.3 is 0 Å². The molecule has 2 rings (SSSR count). The molecule has 3 nitrogen and oxygen atoms in total. The van der Waals surface area contributed by atoms with Crippen LogP contribution in [0.5, 0.6) is 0 Å². The summed E-state index contributed by atoms with van der Waals surface area (Å²) in [6.45, 7) is 20.8. The molecule has 1 fully saturated rings.